The van der Waals surface area contributed by atoms with Gasteiger partial charge in [0, 0.05) is 23.9 Å². The van der Waals surface area contributed by atoms with E-state index < -0.39 is 0 Å². The Morgan fingerprint density at radius 1 is 1.37 bits per heavy atom. The van der Waals surface area contributed by atoms with Crippen LogP contribution in [0.1, 0.15) is 58.4 Å². The first-order valence-corrected chi connectivity index (χ1v) is 7.58. The molecular weight excluding hydrogens is 238 g/mol. The van der Waals surface area contributed by atoms with Crippen LogP contribution in [0, 0.1) is 5.41 Å². The minimum absolute atomic E-state index is 0.248. The highest BCUT2D eigenvalue weighted by molar-refractivity contribution is 5.17. The summed E-state index contributed by atoms with van der Waals surface area (Å²) in [5.74, 6) is 0.899. The van der Waals surface area contributed by atoms with Gasteiger partial charge in [0.15, 0.2) is 5.75 Å². The van der Waals surface area contributed by atoms with Crippen molar-refractivity contribution in [1.29, 1.82) is 0 Å². The third-order valence-corrected chi connectivity index (χ3v) is 5.02. The second-order valence-electron chi connectivity index (χ2n) is 6.49. The average Bonchev–Trinajstić information content (AvgIpc) is 2.88. The van der Waals surface area contributed by atoms with Crippen molar-refractivity contribution in [2.24, 2.45) is 11.1 Å². The molecule has 0 aliphatic heterocycles. The van der Waals surface area contributed by atoms with Crippen molar-refractivity contribution < 1.29 is 4.74 Å². The SMILES string of the molecule is CC(C)n1cc(OC2CC(N)C23CCCCC3)cn1. The van der Waals surface area contributed by atoms with Crippen molar-refractivity contribution in [3.05, 3.63) is 12.4 Å². The Labute approximate surface area is 115 Å². The third-order valence-electron chi connectivity index (χ3n) is 5.02. The van der Waals surface area contributed by atoms with Crippen LogP contribution in [0.4, 0.5) is 0 Å². The largest absolute Gasteiger partial charge is 0.486 e. The summed E-state index contributed by atoms with van der Waals surface area (Å²) < 4.78 is 8.13. The van der Waals surface area contributed by atoms with Gasteiger partial charge in [-0.25, -0.2) is 0 Å². The molecule has 0 aromatic carbocycles. The van der Waals surface area contributed by atoms with E-state index in [4.69, 9.17) is 10.5 Å². The molecule has 3 rings (SSSR count). The number of ether oxygens (including phenoxy) is 1. The van der Waals surface area contributed by atoms with E-state index in [1.54, 1.807) is 0 Å². The quantitative estimate of drug-likeness (QED) is 0.912. The summed E-state index contributed by atoms with van der Waals surface area (Å²) >= 11 is 0. The van der Waals surface area contributed by atoms with Gasteiger partial charge in [-0.2, -0.15) is 5.10 Å². The van der Waals surface area contributed by atoms with Crippen molar-refractivity contribution in [1.82, 2.24) is 9.78 Å². The molecule has 2 unspecified atom stereocenters. The van der Waals surface area contributed by atoms with Gasteiger partial charge in [-0.3, -0.25) is 4.68 Å². The van der Waals surface area contributed by atoms with E-state index in [0.29, 0.717) is 18.2 Å². The minimum Gasteiger partial charge on any atom is -0.486 e. The van der Waals surface area contributed by atoms with Crippen LogP contribution in [0.25, 0.3) is 0 Å². The summed E-state index contributed by atoms with van der Waals surface area (Å²) in [7, 11) is 0. The van der Waals surface area contributed by atoms with E-state index in [9.17, 15) is 0 Å². The van der Waals surface area contributed by atoms with E-state index in [1.165, 1.54) is 32.1 Å². The molecule has 4 heteroatoms. The Morgan fingerprint density at radius 2 is 2.11 bits per heavy atom. The van der Waals surface area contributed by atoms with Crippen LogP contribution in [-0.4, -0.2) is 21.9 Å². The van der Waals surface area contributed by atoms with Gasteiger partial charge in [0.2, 0.25) is 0 Å². The molecule has 2 saturated carbocycles. The Morgan fingerprint density at radius 3 is 2.68 bits per heavy atom. The van der Waals surface area contributed by atoms with E-state index in [-0.39, 0.29) is 5.41 Å². The standard InChI is InChI=1S/C15H25N3O/c1-11(2)18-10-12(9-17-18)19-14-8-13(16)15(14)6-4-3-5-7-15/h9-11,13-14H,3-8,16H2,1-2H3. The fourth-order valence-electron chi connectivity index (χ4n) is 3.67. The molecule has 0 amide bonds. The smallest absolute Gasteiger partial charge is 0.157 e. The molecule has 2 N–H and O–H groups in total. The zero-order valence-electron chi connectivity index (χ0n) is 12.0. The molecule has 0 saturated heterocycles. The van der Waals surface area contributed by atoms with Gasteiger partial charge in [0.1, 0.15) is 6.10 Å². The third kappa shape index (κ3) is 2.16. The lowest BCUT2D eigenvalue weighted by Gasteiger charge is -2.55. The predicted molar refractivity (Wildman–Crippen MR) is 75.1 cm³/mol. The van der Waals surface area contributed by atoms with Crippen LogP contribution in [0.2, 0.25) is 0 Å². The van der Waals surface area contributed by atoms with Gasteiger partial charge >= 0.3 is 0 Å². The molecule has 2 fully saturated rings. The summed E-state index contributed by atoms with van der Waals surface area (Å²) in [6.07, 6.45) is 11.6. The van der Waals surface area contributed by atoms with Crippen LogP contribution < -0.4 is 10.5 Å². The van der Waals surface area contributed by atoms with Crippen molar-refractivity contribution in [2.45, 2.75) is 70.6 Å². The summed E-state index contributed by atoms with van der Waals surface area (Å²) in [6, 6.07) is 0.711. The van der Waals surface area contributed by atoms with Crippen LogP contribution >= 0.6 is 0 Å². The van der Waals surface area contributed by atoms with Gasteiger partial charge in [-0.15, -0.1) is 0 Å². The molecular formula is C15H25N3O. The molecule has 1 spiro atoms. The van der Waals surface area contributed by atoms with Crippen LogP contribution in [-0.2, 0) is 0 Å². The minimum atomic E-state index is 0.248. The highest BCUT2D eigenvalue weighted by Crippen LogP contribution is 2.52. The van der Waals surface area contributed by atoms with E-state index >= 15 is 0 Å². The molecule has 2 aliphatic rings. The fraction of sp³-hybridized carbons (Fsp3) is 0.800. The zero-order chi connectivity index (χ0) is 13.5. The maximum atomic E-state index is 6.28. The zero-order valence-corrected chi connectivity index (χ0v) is 12.0. The lowest BCUT2D eigenvalue weighted by atomic mass is 9.55. The molecule has 1 heterocycles. The fourth-order valence-corrected chi connectivity index (χ4v) is 3.67. The highest BCUT2D eigenvalue weighted by Gasteiger charge is 2.54. The number of nitrogens with two attached hydrogens (primary N) is 1. The second-order valence-corrected chi connectivity index (χ2v) is 6.49. The molecule has 2 atom stereocenters. The maximum absolute atomic E-state index is 6.28. The van der Waals surface area contributed by atoms with Gasteiger partial charge in [-0.1, -0.05) is 19.3 Å². The summed E-state index contributed by atoms with van der Waals surface area (Å²) in [5, 5.41) is 4.34. The lowest BCUT2D eigenvalue weighted by Crippen LogP contribution is -2.64. The van der Waals surface area contributed by atoms with Crippen LogP contribution in [0.3, 0.4) is 0 Å². The molecule has 4 nitrogen and oxygen atoms in total. The monoisotopic (exact) mass is 263 g/mol. The molecule has 19 heavy (non-hydrogen) atoms. The Balaban J connectivity index is 1.69. The average molecular weight is 263 g/mol. The number of aromatic nitrogens is 2. The summed E-state index contributed by atoms with van der Waals surface area (Å²) in [6.45, 7) is 4.25. The van der Waals surface area contributed by atoms with E-state index in [0.717, 1.165) is 12.2 Å². The highest BCUT2D eigenvalue weighted by atomic mass is 16.5. The maximum Gasteiger partial charge on any atom is 0.157 e. The molecule has 1 aromatic rings. The summed E-state index contributed by atoms with van der Waals surface area (Å²) in [4.78, 5) is 0. The number of hydrogen-bond donors (Lipinski definition) is 1. The van der Waals surface area contributed by atoms with Crippen LogP contribution in [0.5, 0.6) is 5.75 Å². The molecule has 1 aromatic heterocycles. The topological polar surface area (TPSA) is 53.1 Å². The van der Waals surface area contributed by atoms with E-state index in [2.05, 4.69) is 18.9 Å². The Bertz CT molecular complexity index is 434. The lowest BCUT2D eigenvalue weighted by molar-refractivity contribution is -0.0898. The molecule has 0 radical (unpaired) electrons. The number of rotatable bonds is 3. The van der Waals surface area contributed by atoms with Crippen molar-refractivity contribution in [2.75, 3.05) is 0 Å². The first kappa shape index (κ1) is 13.0. The summed E-state index contributed by atoms with van der Waals surface area (Å²) in [5.41, 5.74) is 6.53. The first-order chi connectivity index (χ1) is 9.12. The molecule has 0 bridgehead atoms. The first-order valence-electron chi connectivity index (χ1n) is 7.58. The molecule has 106 valence electrons. The van der Waals surface area contributed by atoms with Crippen LogP contribution in [0.15, 0.2) is 12.4 Å². The van der Waals surface area contributed by atoms with Crippen molar-refractivity contribution in [3.8, 4) is 5.75 Å². The van der Waals surface area contributed by atoms with Gasteiger partial charge < -0.3 is 10.5 Å². The van der Waals surface area contributed by atoms with Gasteiger partial charge in [0.25, 0.3) is 0 Å². The Kier molecular flexibility index (Phi) is 3.29. The normalized spacial score (nSPS) is 29.5. The Hall–Kier alpha value is -1.03. The number of nitrogens with zero attached hydrogens (tertiary/aromatic N) is 2. The second kappa shape index (κ2) is 4.82. The van der Waals surface area contributed by atoms with Crippen molar-refractivity contribution >= 4 is 0 Å². The van der Waals surface area contributed by atoms with Gasteiger partial charge in [-0.05, 0) is 26.7 Å². The molecule has 2 aliphatic carbocycles. The van der Waals surface area contributed by atoms with E-state index in [1.807, 2.05) is 17.1 Å². The van der Waals surface area contributed by atoms with Gasteiger partial charge in [0.05, 0.1) is 12.4 Å². The predicted octanol–water partition coefficient (Wildman–Crippen LogP) is 2.89. The van der Waals surface area contributed by atoms with Crippen molar-refractivity contribution in [3.63, 3.8) is 0 Å². The number of hydrogen-bond acceptors (Lipinski definition) is 3.